The van der Waals surface area contributed by atoms with Crippen LogP contribution in [0.25, 0.3) is 0 Å². The number of carboxylic acid groups (broad SMARTS) is 1. The van der Waals surface area contributed by atoms with Crippen LogP contribution in [0.2, 0.25) is 0 Å². The molecular weight excluding hydrogens is 210 g/mol. The molecule has 0 aliphatic carbocycles. The third-order valence-electron chi connectivity index (χ3n) is 2.57. The SMILES string of the molecule is CCc1c(C(=O)O)cc2c(c1N)OCCO2. The van der Waals surface area contributed by atoms with Crippen molar-refractivity contribution < 1.29 is 19.4 Å². The predicted molar refractivity (Wildman–Crippen MR) is 58.2 cm³/mol. The summed E-state index contributed by atoms with van der Waals surface area (Å²) in [7, 11) is 0. The summed E-state index contributed by atoms with van der Waals surface area (Å²) >= 11 is 0. The van der Waals surface area contributed by atoms with Crippen LogP contribution in [0, 0.1) is 0 Å². The van der Waals surface area contributed by atoms with Crippen molar-refractivity contribution in [2.75, 3.05) is 18.9 Å². The minimum absolute atomic E-state index is 0.184. The van der Waals surface area contributed by atoms with E-state index in [0.29, 0.717) is 42.4 Å². The Morgan fingerprint density at radius 1 is 1.50 bits per heavy atom. The van der Waals surface area contributed by atoms with Gasteiger partial charge in [-0.1, -0.05) is 6.92 Å². The average molecular weight is 223 g/mol. The Balaban J connectivity index is 2.64. The van der Waals surface area contributed by atoms with Gasteiger partial charge in [0.15, 0.2) is 11.5 Å². The Bertz CT molecular complexity index is 442. The molecule has 1 aromatic rings. The predicted octanol–water partition coefficient (Wildman–Crippen LogP) is 1.30. The first-order chi connectivity index (χ1) is 7.65. The Morgan fingerprint density at radius 2 is 2.19 bits per heavy atom. The molecule has 1 aromatic carbocycles. The summed E-state index contributed by atoms with van der Waals surface area (Å²) in [6.45, 7) is 2.71. The summed E-state index contributed by atoms with van der Waals surface area (Å²) in [5, 5.41) is 9.07. The quantitative estimate of drug-likeness (QED) is 0.738. The topological polar surface area (TPSA) is 81.8 Å². The summed E-state index contributed by atoms with van der Waals surface area (Å²) in [6.07, 6.45) is 0.546. The van der Waals surface area contributed by atoms with E-state index in [1.165, 1.54) is 6.07 Å². The van der Waals surface area contributed by atoms with Gasteiger partial charge in [-0.05, 0) is 18.1 Å². The maximum absolute atomic E-state index is 11.1. The number of nitrogens with two attached hydrogens (primary N) is 1. The molecular formula is C11H13NO4. The number of benzene rings is 1. The van der Waals surface area contributed by atoms with Crippen molar-refractivity contribution >= 4 is 11.7 Å². The van der Waals surface area contributed by atoms with Crippen LogP contribution in [0.5, 0.6) is 11.5 Å². The lowest BCUT2D eigenvalue weighted by atomic mass is 10.0. The second-order valence-electron chi connectivity index (χ2n) is 3.50. The number of fused-ring (bicyclic) bond motifs is 1. The van der Waals surface area contributed by atoms with Crippen molar-refractivity contribution in [3.8, 4) is 11.5 Å². The molecule has 0 unspecified atom stereocenters. The van der Waals surface area contributed by atoms with E-state index in [1.807, 2.05) is 6.92 Å². The molecule has 0 atom stereocenters. The number of nitrogen functional groups attached to an aromatic ring is 1. The molecule has 0 saturated carbocycles. The van der Waals surface area contributed by atoms with E-state index in [0.717, 1.165) is 0 Å². The summed E-state index contributed by atoms with van der Waals surface area (Å²) in [5.74, 6) is -0.119. The van der Waals surface area contributed by atoms with Gasteiger partial charge in [-0.25, -0.2) is 4.79 Å². The van der Waals surface area contributed by atoms with Crippen LogP contribution >= 0.6 is 0 Å². The molecule has 5 heteroatoms. The highest BCUT2D eigenvalue weighted by Gasteiger charge is 2.22. The Labute approximate surface area is 92.8 Å². The van der Waals surface area contributed by atoms with E-state index in [2.05, 4.69) is 0 Å². The number of ether oxygens (including phenoxy) is 2. The molecule has 1 aliphatic rings. The number of hydrogen-bond acceptors (Lipinski definition) is 4. The van der Waals surface area contributed by atoms with Crippen LogP contribution in [-0.4, -0.2) is 24.3 Å². The van der Waals surface area contributed by atoms with E-state index in [4.69, 9.17) is 20.3 Å². The molecule has 0 amide bonds. The minimum atomic E-state index is -1.000. The Morgan fingerprint density at radius 3 is 2.81 bits per heavy atom. The maximum Gasteiger partial charge on any atom is 0.336 e. The van der Waals surface area contributed by atoms with Gasteiger partial charge in [0.1, 0.15) is 13.2 Å². The molecule has 0 fully saturated rings. The smallest absolute Gasteiger partial charge is 0.336 e. The second-order valence-corrected chi connectivity index (χ2v) is 3.50. The lowest BCUT2D eigenvalue weighted by molar-refractivity contribution is 0.0694. The fraction of sp³-hybridized carbons (Fsp3) is 0.364. The number of carbonyl (C=O) groups is 1. The average Bonchev–Trinajstić information content (AvgIpc) is 2.29. The van der Waals surface area contributed by atoms with Gasteiger partial charge in [-0.15, -0.1) is 0 Å². The molecule has 5 nitrogen and oxygen atoms in total. The number of aromatic carboxylic acids is 1. The second kappa shape index (κ2) is 3.92. The minimum Gasteiger partial charge on any atom is -0.486 e. The van der Waals surface area contributed by atoms with Gasteiger partial charge in [-0.3, -0.25) is 0 Å². The normalized spacial score (nSPS) is 13.6. The number of hydrogen-bond donors (Lipinski definition) is 2. The number of rotatable bonds is 2. The van der Waals surface area contributed by atoms with E-state index in [1.54, 1.807) is 0 Å². The third kappa shape index (κ3) is 1.54. The lowest BCUT2D eigenvalue weighted by Crippen LogP contribution is -2.18. The fourth-order valence-corrected chi connectivity index (χ4v) is 1.82. The van der Waals surface area contributed by atoms with Crippen molar-refractivity contribution in [3.63, 3.8) is 0 Å². The zero-order valence-electron chi connectivity index (χ0n) is 8.95. The van der Waals surface area contributed by atoms with Crippen LogP contribution in [0.1, 0.15) is 22.8 Å². The van der Waals surface area contributed by atoms with Crippen molar-refractivity contribution in [1.29, 1.82) is 0 Å². The molecule has 0 bridgehead atoms. The molecule has 3 N–H and O–H groups in total. The van der Waals surface area contributed by atoms with Crippen molar-refractivity contribution in [2.24, 2.45) is 0 Å². The van der Waals surface area contributed by atoms with Gasteiger partial charge in [0.05, 0.1) is 11.3 Å². The molecule has 0 spiro atoms. The van der Waals surface area contributed by atoms with E-state index in [9.17, 15) is 4.79 Å². The van der Waals surface area contributed by atoms with Crippen molar-refractivity contribution in [3.05, 3.63) is 17.2 Å². The van der Waals surface area contributed by atoms with E-state index in [-0.39, 0.29) is 5.56 Å². The molecule has 86 valence electrons. The molecule has 0 radical (unpaired) electrons. The lowest BCUT2D eigenvalue weighted by Gasteiger charge is -2.22. The van der Waals surface area contributed by atoms with Crippen LogP contribution in [0.15, 0.2) is 6.07 Å². The molecule has 2 rings (SSSR count). The van der Waals surface area contributed by atoms with Crippen LogP contribution in [0.3, 0.4) is 0 Å². The van der Waals surface area contributed by atoms with Gasteiger partial charge in [0, 0.05) is 0 Å². The first-order valence-corrected chi connectivity index (χ1v) is 5.09. The van der Waals surface area contributed by atoms with Crippen molar-refractivity contribution in [1.82, 2.24) is 0 Å². The summed E-state index contributed by atoms with van der Waals surface area (Å²) in [4.78, 5) is 11.1. The van der Waals surface area contributed by atoms with Crippen LogP contribution < -0.4 is 15.2 Å². The molecule has 0 aromatic heterocycles. The monoisotopic (exact) mass is 223 g/mol. The maximum atomic E-state index is 11.1. The van der Waals surface area contributed by atoms with Crippen LogP contribution in [-0.2, 0) is 6.42 Å². The first kappa shape index (κ1) is 10.6. The Kier molecular flexibility index (Phi) is 2.60. The summed E-state index contributed by atoms with van der Waals surface area (Å²) < 4.78 is 10.7. The van der Waals surface area contributed by atoms with Gasteiger partial charge >= 0.3 is 5.97 Å². The van der Waals surface area contributed by atoms with E-state index >= 15 is 0 Å². The molecule has 16 heavy (non-hydrogen) atoms. The highest BCUT2D eigenvalue weighted by molar-refractivity contribution is 5.93. The zero-order valence-corrected chi connectivity index (χ0v) is 8.95. The number of carboxylic acids is 1. The van der Waals surface area contributed by atoms with Crippen LogP contribution in [0.4, 0.5) is 5.69 Å². The first-order valence-electron chi connectivity index (χ1n) is 5.09. The standard InChI is InChI=1S/C11H13NO4/c1-2-6-7(11(13)14)5-8-10(9(6)12)16-4-3-15-8/h5H,2-4,12H2,1H3,(H,13,14). The number of anilines is 1. The Hall–Kier alpha value is -1.91. The van der Waals surface area contributed by atoms with Gasteiger partial charge in [-0.2, -0.15) is 0 Å². The molecule has 1 aliphatic heterocycles. The van der Waals surface area contributed by atoms with E-state index < -0.39 is 5.97 Å². The van der Waals surface area contributed by atoms with Gasteiger partial charge < -0.3 is 20.3 Å². The van der Waals surface area contributed by atoms with Gasteiger partial charge in [0.2, 0.25) is 0 Å². The highest BCUT2D eigenvalue weighted by Crippen LogP contribution is 2.40. The molecule has 1 heterocycles. The fourth-order valence-electron chi connectivity index (χ4n) is 1.82. The summed E-state index contributed by atoms with van der Waals surface area (Å²) in [6, 6.07) is 1.48. The largest absolute Gasteiger partial charge is 0.486 e. The third-order valence-corrected chi connectivity index (χ3v) is 2.57. The van der Waals surface area contributed by atoms with Crippen molar-refractivity contribution in [2.45, 2.75) is 13.3 Å². The highest BCUT2D eigenvalue weighted by atomic mass is 16.6. The van der Waals surface area contributed by atoms with Gasteiger partial charge in [0.25, 0.3) is 0 Å². The molecule has 0 saturated heterocycles. The zero-order chi connectivity index (χ0) is 11.7. The summed E-state index contributed by atoms with van der Waals surface area (Å²) in [5.41, 5.74) is 7.04.